The van der Waals surface area contributed by atoms with Crippen LogP contribution in [0.2, 0.25) is 0 Å². The molecule has 3 N–H and O–H groups in total. The number of aromatic amines is 1. The smallest absolute Gasteiger partial charge is 0.341 e. The van der Waals surface area contributed by atoms with Gasteiger partial charge in [-0.25, -0.2) is 14.0 Å². The summed E-state index contributed by atoms with van der Waals surface area (Å²) in [5.74, 6) is -3.13. The van der Waals surface area contributed by atoms with E-state index in [1.807, 2.05) is 4.98 Å². The quantitative estimate of drug-likeness (QED) is 0.595. The zero-order valence-corrected chi connectivity index (χ0v) is 12.0. The summed E-state index contributed by atoms with van der Waals surface area (Å²) in [6, 6.07) is 5.07. The first-order valence-electron chi connectivity index (χ1n) is 6.36. The Morgan fingerprint density at radius 2 is 1.96 bits per heavy atom. The Hall–Kier alpha value is -3.23. The highest BCUT2D eigenvalue weighted by molar-refractivity contribution is 6.02. The Balaban J connectivity index is 2.20. The van der Waals surface area contributed by atoms with Crippen LogP contribution in [0.25, 0.3) is 0 Å². The van der Waals surface area contributed by atoms with Gasteiger partial charge in [-0.1, -0.05) is 12.1 Å². The van der Waals surface area contributed by atoms with Crippen molar-refractivity contribution >= 4 is 17.6 Å². The number of nitrogens with two attached hydrogens (primary N) is 1. The maximum atomic E-state index is 13.4. The second-order valence-electron chi connectivity index (χ2n) is 4.56. The largest absolute Gasteiger partial charge is 0.454 e. The van der Waals surface area contributed by atoms with Gasteiger partial charge in [-0.05, 0) is 12.1 Å². The van der Waals surface area contributed by atoms with E-state index in [2.05, 4.69) is 4.74 Å². The van der Waals surface area contributed by atoms with Gasteiger partial charge >= 0.3 is 11.7 Å². The Bertz CT molecular complexity index is 900. The molecule has 23 heavy (non-hydrogen) atoms. The number of anilines is 1. The predicted molar refractivity (Wildman–Crippen MR) is 77.7 cm³/mol. The van der Waals surface area contributed by atoms with Crippen LogP contribution in [-0.2, 0) is 11.8 Å². The molecule has 0 radical (unpaired) electrons. The normalized spacial score (nSPS) is 10.3. The van der Waals surface area contributed by atoms with Gasteiger partial charge in [0.25, 0.3) is 5.56 Å². The van der Waals surface area contributed by atoms with E-state index >= 15 is 0 Å². The molecule has 1 heterocycles. The third-order valence-electron chi connectivity index (χ3n) is 3.08. The van der Waals surface area contributed by atoms with Crippen LogP contribution in [-0.4, -0.2) is 27.9 Å². The highest BCUT2D eigenvalue weighted by Gasteiger charge is 2.20. The standard InChI is InChI=1S/C14H12FN3O5/c1-18-11(16)10(12(20)17-14(18)22)9(19)6-23-13(21)7-4-2-3-5-8(7)15/h2-5H,6,16H2,1H3,(H,17,20,22). The summed E-state index contributed by atoms with van der Waals surface area (Å²) in [4.78, 5) is 48.6. The lowest BCUT2D eigenvalue weighted by molar-refractivity contribution is 0.0469. The number of benzene rings is 1. The van der Waals surface area contributed by atoms with Crippen molar-refractivity contribution in [1.29, 1.82) is 0 Å². The van der Waals surface area contributed by atoms with Crippen molar-refractivity contribution in [3.05, 3.63) is 62.0 Å². The van der Waals surface area contributed by atoms with Gasteiger partial charge in [0.15, 0.2) is 6.61 Å². The van der Waals surface area contributed by atoms with Crippen LogP contribution in [0.1, 0.15) is 20.7 Å². The van der Waals surface area contributed by atoms with Crippen LogP contribution >= 0.6 is 0 Å². The molecular weight excluding hydrogens is 309 g/mol. The number of esters is 1. The second-order valence-corrected chi connectivity index (χ2v) is 4.56. The third kappa shape index (κ3) is 3.18. The minimum Gasteiger partial charge on any atom is -0.454 e. The molecule has 0 fully saturated rings. The molecule has 0 atom stereocenters. The van der Waals surface area contributed by atoms with E-state index in [1.54, 1.807) is 0 Å². The summed E-state index contributed by atoms with van der Waals surface area (Å²) >= 11 is 0. The van der Waals surface area contributed by atoms with Gasteiger partial charge in [-0.3, -0.25) is 19.1 Å². The lowest BCUT2D eigenvalue weighted by Crippen LogP contribution is -2.35. The fraction of sp³-hybridized carbons (Fsp3) is 0.143. The van der Waals surface area contributed by atoms with E-state index in [-0.39, 0.29) is 11.4 Å². The molecule has 0 aliphatic heterocycles. The maximum absolute atomic E-state index is 13.4. The van der Waals surface area contributed by atoms with Crippen LogP contribution in [0.5, 0.6) is 0 Å². The van der Waals surface area contributed by atoms with E-state index in [0.29, 0.717) is 0 Å². The third-order valence-corrected chi connectivity index (χ3v) is 3.08. The number of ether oxygens (including phenoxy) is 1. The molecule has 0 saturated carbocycles. The van der Waals surface area contributed by atoms with Gasteiger partial charge in [-0.2, -0.15) is 0 Å². The first-order valence-corrected chi connectivity index (χ1v) is 6.36. The van der Waals surface area contributed by atoms with Gasteiger partial charge in [-0.15, -0.1) is 0 Å². The van der Waals surface area contributed by atoms with Crippen molar-refractivity contribution in [3.63, 3.8) is 0 Å². The fourth-order valence-electron chi connectivity index (χ4n) is 1.81. The van der Waals surface area contributed by atoms with Crippen LogP contribution in [0.4, 0.5) is 10.2 Å². The van der Waals surface area contributed by atoms with E-state index in [4.69, 9.17) is 5.73 Å². The number of hydrogen-bond acceptors (Lipinski definition) is 6. The molecule has 0 aliphatic rings. The van der Waals surface area contributed by atoms with Crippen LogP contribution in [0, 0.1) is 5.82 Å². The molecule has 1 aromatic heterocycles. The molecule has 2 rings (SSSR count). The number of Topliss-reactive ketones (excluding diaryl/α,β-unsaturated/α-hetero) is 1. The topological polar surface area (TPSA) is 124 Å². The summed E-state index contributed by atoms with van der Waals surface area (Å²) in [6.07, 6.45) is 0. The second kappa shape index (κ2) is 6.26. The number of nitrogens with zero attached hydrogens (tertiary/aromatic N) is 1. The monoisotopic (exact) mass is 321 g/mol. The van der Waals surface area contributed by atoms with Crippen molar-refractivity contribution < 1.29 is 18.7 Å². The molecule has 120 valence electrons. The minimum absolute atomic E-state index is 0.345. The molecular formula is C14H12FN3O5. The van der Waals surface area contributed by atoms with E-state index in [9.17, 15) is 23.6 Å². The summed E-state index contributed by atoms with van der Waals surface area (Å²) in [6.45, 7) is -0.821. The molecule has 0 aliphatic carbocycles. The summed E-state index contributed by atoms with van der Waals surface area (Å²) in [7, 11) is 1.26. The lowest BCUT2D eigenvalue weighted by Gasteiger charge is -2.08. The van der Waals surface area contributed by atoms with E-state index in [0.717, 1.165) is 10.6 Å². The van der Waals surface area contributed by atoms with Crippen LogP contribution < -0.4 is 17.0 Å². The number of hydrogen-bond donors (Lipinski definition) is 2. The number of ketones is 1. The number of aromatic nitrogens is 2. The molecule has 0 unspecified atom stereocenters. The van der Waals surface area contributed by atoms with Gasteiger partial charge in [0, 0.05) is 7.05 Å². The Morgan fingerprint density at radius 1 is 1.30 bits per heavy atom. The number of H-pyrrole nitrogens is 1. The van der Waals surface area contributed by atoms with Crippen molar-refractivity contribution in [1.82, 2.24) is 9.55 Å². The lowest BCUT2D eigenvalue weighted by atomic mass is 10.2. The Kier molecular flexibility index (Phi) is 4.39. The molecule has 0 spiro atoms. The zero-order valence-electron chi connectivity index (χ0n) is 12.0. The Labute approximate surface area is 128 Å². The first kappa shape index (κ1) is 16.1. The first-order chi connectivity index (χ1) is 10.8. The molecule has 9 heteroatoms. The van der Waals surface area contributed by atoms with E-state index < -0.39 is 41.0 Å². The minimum atomic E-state index is -1.06. The van der Waals surface area contributed by atoms with Crippen LogP contribution in [0.3, 0.4) is 0 Å². The van der Waals surface area contributed by atoms with Crippen molar-refractivity contribution in [2.24, 2.45) is 7.05 Å². The molecule has 0 bridgehead atoms. The zero-order chi connectivity index (χ0) is 17.1. The van der Waals surface area contributed by atoms with Gasteiger partial charge in [0.2, 0.25) is 5.78 Å². The summed E-state index contributed by atoms with van der Waals surface area (Å²) in [5, 5.41) is 0. The number of carbonyl (C=O) groups excluding carboxylic acids is 2. The maximum Gasteiger partial charge on any atom is 0.341 e. The number of rotatable bonds is 4. The summed E-state index contributed by atoms with van der Waals surface area (Å²) < 4.78 is 19.0. The highest BCUT2D eigenvalue weighted by atomic mass is 19.1. The molecule has 0 saturated heterocycles. The van der Waals surface area contributed by atoms with Crippen LogP contribution in [0.15, 0.2) is 33.9 Å². The highest BCUT2D eigenvalue weighted by Crippen LogP contribution is 2.09. The molecule has 2 aromatic rings. The average Bonchev–Trinajstić information content (AvgIpc) is 2.51. The van der Waals surface area contributed by atoms with Gasteiger partial charge in [0.05, 0.1) is 5.56 Å². The number of carbonyl (C=O) groups is 2. The predicted octanol–water partition coefficient (Wildman–Crippen LogP) is -0.165. The van der Waals surface area contributed by atoms with Gasteiger partial charge in [0.1, 0.15) is 17.2 Å². The summed E-state index contributed by atoms with van der Waals surface area (Å²) in [5.41, 5.74) is 2.92. The number of nitrogens with one attached hydrogen (secondary N) is 1. The molecule has 0 amide bonds. The number of nitrogen functional groups attached to an aromatic ring is 1. The van der Waals surface area contributed by atoms with Crippen molar-refractivity contribution in [3.8, 4) is 0 Å². The van der Waals surface area contributed by atoms with E-state index in [1.165, 1.54) is 25.2 Å². The van der Waals surface area contributed by atoms with Crippen molar-refractivity contribution in [2.45, 2.75) is 0 Å². The molecule has 8 nitrogen and oxygen atoms in total. The molecule has 1 aromatic carbocycles. The number of halogens is 1. The van der Waals surface area contributed by atoms with Crippen molar-refractivity contribution in [2.75, 3.05) is 12.3 Å². The van der Waals surface area contributed by atoms with Gasteiger partial charge < -0.3 is 10.5 Å². The fourth-order valence-corrected chi connectivity index (χ4v) is 1.81. The SMILES string of the molecule is Cn1c(N)c(C(=O)COC(=O)c2ccccc2F)c(=O)[nH]c1=O. The Morgan fingerprint density at radius 3 is 2.61 bits per heavy atom. The average molecular weight is 321 g/mol.